The number of fused-ring (bicyclic) bond motifs is 1. The second-order valence-electron chi connectivity index (χ2n) is 7.73. The Kier molecular flexibility index (Phi) is 5.38. The minimum atomic E-state index is -4.41. The summed E-state index contributed by atoms with van der Waals surface area (Å²) in [6.07, 6.45) is -5.77. The summed E-state index contributed by atoms with van der Waals surface area (Å²) in [4.78, 5) is 19.3. The Morgan fingerprint density at radius 2 is 1.81 bits per heavy atom. The van der Waals surface area contributed by atoms with Crippen LogP contribution in [0.25, 0.3) is 16.9 Å². The molecule has 0 amide bonds. The number of alkyl halides is 3. The van der Waals surface area contributed by atoms with Crippen molar-refractivity contribution >= 4 is 17.3 Å². The van der Waals surface area contributed by atoms with Crippen LogP contribution in [-0.2, 0) is 11.3 Å². The number of anilines is 2. The van der Waals surface area contributed by atoms with Crippen molar-refractivity contribution in [3.8, 4) is 11.3 Å². The number of nitrogen functional groups attached to an aromatic ring is 1. The van der Waals surface area contributed by atoms with Gasteiger partial charge >= 0.3 is 11.9 Å². The lowest BCUT2D eigenvalue weighted by Gasteiger charge is -2.37. The fraction of sp³-hybridized carbons (Fsp3) is 0.450. The molecule has 2 atom stereocenters. The second kappa shape index (κ2) is 7.88. The van der Waals surface area contributed by atoms with Crippen molar-refractivity contribution in [2.45, 2.75) is 45.2 Å². The Hall–Kier alpha value is -3.08. The molecule has 31 heavy (non-hydrogen) atoms. The molecule has 4 rings (SSSR count). The van der Waals surface area contributed by atoms with E-state index in [-0.39, 0.29) is 23.8 Å². The van der Waals surface area contributed by atoms with Gasteiger partial charge in [0.05, 0.1) is 25.2 Å². The number of morpholine rings is 1. The molecule has 1 fully saturated rings. The lowest BCUT2D eigenvalue weighted by atomic mass is 10.1. The summed E-state index contributed by atoms with van der Waals surface area (Å²) < 4.78 is 45.9. The number of nitrogens with two attached hydrogens (primary N) is 1. The number of hydrogen-bond donors (Lipinski definition) is 1. The third-order valence-electron chi connectivity index (χ3n) is 5.12. The van der Waals surface area contributed by atoms with Gasteiger partial charge in [-0.15, -0.1) is 5.10 Å². The third kappa shape index (κ3) is 4.22. The van der Waals surface area contributed by atoms with Gasteiger partial charge in [0.25, 0.3) is 0 Å². The van der Waals surface area contributed by atoms with Crippen molar-refractivity contribution in [1.82, 2.24) is 19.2 Å². The highest BCUT2D eigenvalue weighted by Gasteiger charge is 2.31. The highest BCUT2D eigenvalue weighted by molar-refractivity contribution is 5.86. The molecule has 0 unspecified atom stereocenters. The van der Waals surface area contributed by atoms with E-state index < -0.39 is 24.8 Å². The predicted molar refractivity (Wildman–Crippen MR) is 110 cm³/mol. The number of hydrogen-bond acceptors (Lipinski definition) is 6. The molecule has 0 bridgehead atoms. The molecule has 1 aliphatic rings. The molecule has 2 N–H and O–H groups in total. The maximum atomic E-state index is 12.8. The smallest absolute Gasteiger partial charge is 0.372 e. The van der Waals surface area contributed by atoms with Crippen LogP contribution in [0.2, 0.25) is 0 Å². The number of aryl methyl sites for hydroxylation is 1. The van der Waals surface area contributed by atoms with Gasteiger partial charge in [0, 0.05) is 18.7 Å². The van der Waals surface area contributed by atoms with Gasteiger partial charge in [0.15, 0.2) is 5.65 Å². The first-order valence-electron chi connectivity index (χ1n) is 9.95. The SMILES string of the molecule is C[C@@H]1CN(c2c(-c3ccccc3)nc(N)n3c(=O)n(CCC(F)(F)F)nc23)C[C@H](C)O1. The van der Waals surface area contributed by atoms with Crippen molar-refractivity contribution in [2.24, 2.45) is 0 Å². The van der Waals surface area contributed by atoms with Gasteiger partial charge in [-0.05, 0) is 13.8 Å². The van der Waals surface area contributed by atoms with Crippen molar-refractivity contribution in [3.63, 3.8) is 0 Å². The van der Waals surface area contributed by atoms with Crippen molar-refractivity contribution < 1.29 is 17.9 Å². The zero-order valence-corrected chi connectivity index (χ0v) is 17.1. The minimum absolute atomic E-state index is 0.0935. The van der Waals surface area contributed by atoms with E-state index in [0.29, 0.717) is 24.5 Å². The molecule has 11 heteroatoms. The molecule has 2 aromatic heterocycles. The van der Waals surface area contributed by atoms with Crippen LogP contribution < -0.4 is 16.3 Å². The van der Waals surface area contributed by atoms with Crippen LogP contribution in [0.1, 0.15) is 20.3 Å². The Bertz CT molecular complexity index is 1130. The average molecular weight is 436 g/mol. The van der Waals surface area contributed by atoms with Crippen LogP contribution in [0, 0.1) is 0 Å². The number of ether oxygens (including phenoxy) is 1. The van der Waals surface area contributed by atoms with Crippen LogP contribution >= 0.6 is 0 Å². The first-order chi connectivity index (χ1) is 14.6. The lowest BCUT2D eigenvalue weighted by Crippen LogP contribution is -2.46. The highest BCUT2D eigenvalue weighted by Crippen LogP contribution is 2.35. The zero-order valence-electron chi connectivity index (χ0n) is 17.1. The molecule has 0 radical (unpaired) electrons. The minimum Gasteiger partial charge on any atom is -0.372 e. The maximum absolute atomic E-state index is 12.8. The third-order valence-corrected chi connectivity index (χ3v) is 5.12. The molecule has 3 heterocycles. The summed E-state index contributed by atoms with van der Waals surface area (Å²) in [6.45, 7) is 4.28. The van der Waals surface area contributed by atoms with Gasteiger partial charge in [0.2, 0.25) is 5.95 Å². The molecular weight excluding hydrogens is 413 g/mol. The summed E-state index contributed by atoms with van der Waals surface area (Å²) >= 11 is 0. The summed E-state index contributed by atoms with van der Waals surface area (Å²) in [5.41, 5.74) is 7.33. The zero-order chi connectivity index (χ0) is 22.3. The molecule has 8 nitrogen and oxygen atoms in total. The molecule has 166 valence electrons. The largest absolute Gasteiger partial charge is 0.390 e. The van der Waals surface area contributed by atoms with E-state index in [9.17, 15) is 18.0 Å². The maximum Gasteiger partial charge on any atom is 0.390 e. The van der Waals surface area contributed by atoms with E-state index in [2.05, 4.69) is 10.1 Å². The van der Waals surface area contributed by atoms with Gasteiger partial charge < -0.3 is 15.4 Å². The molecular formula is C20H23F3N6O2. The van der Waals surface area contributed by atoms with E-state index in [1.807, 2.05) is 49.1 Å². The molecule has 1 aromatic carbocycles. The Labute approximate surface area is 176 Å². The van der Waals surface area contributed by atoms with Crippen LogP contribution in [0.5, 0.6) is 0 Å². The summed E-state index contributed by atoms with van der Waals surface area (Å²) in [5.74, 6) is -0.129. The quantitative estimate of drug-likeness (QED) is 0.676. The van der Waals surface area contributed by atoms with Crippen molar-refractivity contribution in [3.05, 3.63) is 40.8 Å². The van der Waals surface area contributed by atoms with Gasteiger partial charge in [0.1, 0.15) is 11.4 Å². The normalized spacial score (nSPS) is 19.8. The van der Waals surface area contributed by atoms with E-state index in [1.54, 1.807) is 0 Å². The fourth-order valence-electron chi connectivity index (χ4n) is 3.92. The van der Waals surface area contributed by atoms with Gasteiger partial charge in [-0.1, -0.05) is 30.3 Å². The van der Waals surface area contributed by atoms with E-state index in [0.717, 1.165) is 14.6 Å². The average Bonchev–Trinajstić information content (AvgIpc) is 3.02. The second-order valence-corrected chi connectivity index (χ2v) is 7.73. The van der Waals surface area contributed by atoms with E-state index in [1.165, 1.54) is 0 Å². The van der Waals surface area contributed by atoms with Crippen LogP contribution in [0.15, 0.2) is 35.1 Å². The Morgan fingerprint density at radius 3 is 2.42 bits per heavy atom. The number of benzene rings is 1. The van der Waals surface area contributed by atoms with Gasteiger partial charge in [-0.25, -0.2) is 18.9 Å². The van der Waals surface area contributed by atoms with Crippen LogP contribution in [0.4, 0.5) is 24.8 Å². The summed E-state index contributed by atoms with van der Waals surface area (Å²) in [7, 11) is 0. The molecule has 0 spiro atoms. The van der Waals surface area contributed by atoms with Gasteiger partial charge in [-0.2, -0.15) is 13.2 Å². The van der Waals surface area contributed by atoms with Gasteiger partial charge in [-0.3, -0.25) is 0 Å². The molecule has 3 aromatic rings. The Morgan fingerprint density at radius 1 is 1.16 bits per heavy atom. The number of aromatic nitrogens is 4. The topological polar surface area (TPSA) is 90.7 Å². The first kappa shape index (κ1) is 21.2. The van der Waals surface area contributed by atoms with Crippen LogP contribution in [0.3, 0.4) is 0 Å². The Balaban J connectivity index is 1.94. The molecule has 0 saturated carbocycles. The first-order valence-corrected chi connectivity index (χ1v) is 9.95. The van der Waals surface area contributed by atoms with Crippen molar-refractivity contribution in [1.29, 1.82) is 0 Å². The molecule has 1 saturated heterocycles. The molecule has 0 aliphatic carbocycles. The fourth-order valence-corrected chi connectivity index (χ4v) is 3.92. The van der Waals surface area contributed by atoms with E-state index >= 15 is 0 Å². The van der Waals surface area contributed by atoms with Crippen molar-refractivity contribution in [2.75, 3.05) is 23.7 Å². The molecule has 1 aliphatic heterocycles. The summed E-state index contributed by atoms with van der Waals surface area (Å²) in [5, 5.41) is 4.25. The standard InChI is InChI=1S/C20H23F3N6O2/c1-12-10-27(11-13(2)31-12)16-15(14-6-4-3-5-7-14)25-18(24)29-17(16)26-28(19(29)30)9-8-20(21,22)23/h3-7,12-13H,8-11H2,1-2H3,(H2,24,25)/t12-,13+. The monoisotopic (exact) mass is 436 g/mol. The van der Waals surface area contributed by atoms with E-state index in [4.69, 9.17) is 10.5 Å². The number of nitrogens with zero attached hydrogens (tertiary/aromatic N) is 5. The van der Waals surface area contributed by atoms with Crippen LogP contribution in [-0.4, -0.2) is 50.6 Å². The number of halogens is 3. The summed E-state index contributed by atoms with van der Waals surface area (Å²) in [6, 6.07) is 9.27. The predicted octanol–water partition coefficient (Wildman–Crippen LogP) is 2.71. The highest BCUT2D eigenvalue weighted by atomic mass is 19.4. The number of rotatable bonds is 4. The lowest BCUT2D eigenvalue weighted by molar-refractivity contribution is -0.137.